The van der Waals surface area contributed by atoms with Gasteiger partial charge in [-0.2, -0.15) is 0 Å². The number of fused-ring (bicyclic) bond motifs is 1. The molecule has 2 aliphatic heterocycles. The number of carbonyl (C=O) groups is 2. The molecule has 0 radical (unpaired) electrons. The van der Waals surface area contributed by atoms with E-state index in [1.807, 2.05) is 40.3 Å². The summed E-state index contributed by atoms with van der Waals surface area (Å²) in [5, 5.41) is 1.05. The van der Waals surface area contributed by atoms with Gasteiger partial charge in [0.25, 0.3) is 5.91 Å². The second kappa shape index (κ2) is 6.63. The third-order valence-electron chi connectivity index (χ3n) is 5.86. The SMILES string of the molecule is C=CCN1C(=O)CCC[C@@]12CCCN(C(=O)c1ccc3[nH]ccc3c1)C2. The zero-order valence-corrected chi connectivity index (χ0v) is 15.0. The fourth-order valence-electron chi connectivity index (χ4n) is 4.61. The van der Waals surface area contributed by atoms with Gasteiger partial charge in [0.05, 0.1) is 5.54 Å². The van der Waals surface area contributed by atoms with E-state index < -0.39 is 0 Å². The highest BCUT2D eigenvalue weighted by atomic mass is 16.2. The molecule has 2 saturated heterocycles. The van der Waals surface area contributed by atoms with E-state index in [2.05, 4.69) is 11.6 Å². The predicted molar refractivity (Wildman–Crippen MR) is 102 cm³/mol. The number of aromatic amines is 1. The highest BCUT2D eigenvalue weighted by molar-refractivity contribution is 5.98. The van der Waals surface area contributed by atoms with E-state index in [0.717, 1.165) is 43.1 Å². The van der Waals surface area contributed by atoms with Crippen LogP contribution in [-0.2, 0) is 4.79 Å². The van der Waals surface area contributed by atoms with Crippen molar-refractivity contribution in [3.63, 3.8) is 0 Å². The number of nitrogens with one attached hydrogen (secondary N) is 1. The molecule has 1 spiro atoms. The van der Waals surface area contributed by atoms with E-state index in [0.29, 0.717) is 25.1 Å². The minimum Gasteiger partial charge on any atom is -0.361 e. The van der Waals surface area contributed by atoms with E-state index in [1.165, 1.54) is 0 Å². The molecule has 0 aliphatic carbocycles. The number of amides is 2. The van der Waals surface area contributed by atoms with Crippen LogP contribution in [0.2, 0.25) is 0 Å². The van der Waals surface area contributed by atoms with Crippen LogP contribution in [0.5, 0.6) is 0 Å². The fraction of sp³-hybridized carbons (Fsp3) is 0.429. The number of benzene rings is 1. The molecule has 1 atom stereocenters. The highest BCUT2D eigenvalue weighted by Gasteiger charge is 2.45. The lowest BCUT2D eigenvalue weighted by atomic mass is 9.79. The molecule has 1 aromatic carbocycles. The quantitative estimate of drug-likeness (QED) is 0.862. The molecule has 3 heterocycles. The summed E-state index contributed by atoms with van der Waals surface area (Å²) in [6.07, 6.45) is 8.05. The Morgan fingerprint density at radius 2 is 2.12 bits per heavy atom. The molecule has 4 rings (SSSR count). The number of nitrogens with zero attached hydrogens (tertiary/aromatic N) is 2. The van der Waals surface area contributed by atoms with Crippen molar-refractivity contribution < 1.29 is 9.59 Å². The number of H-pyrrole nitrogens is 1. The third-order valence-corrected chi connectivity index (χ3v) is 5.86. The number of carbonyl (C=O) groups excluding carboxylic acids is 2. The standard InChI is InChI=1S/C21H25N3O2/c1-2-12-24-19(25)5-3-9-21(24)10-4-13-23(15-21)20(26)17-6-7-18-16(14-17)8-11-22-18/h2,6-8,11,14,22H,1,3-5,9-10,12-13,15H2/t21-/m0/s1. The fourth-order valence-corrected chi connectivity index (χ4v) is 4.61. The van der Waals surface area contributed by atoms with Gasteiger partial charge in [0.2, 0.25) is 5.91 Å². The zero-order valence-electron chi connectivity index (χ0n) is 15.0. The van der Waals surface area contributed by atoms with Crippen LogP contribution in [0.25, 0.3) is 10.9 Å². The van der Waals surface area contributed by atoms with Gasteiger partial charge in [-0.05, 0) is 49.9 Å². The first-order chi connectivity index (χ1) is 12.6. The summed E-state index contributed by atoms with van der Waals surface area (Å²) < 4.78 is 0. The summed E-state index contributed by atoms with van der Waals surface area (Å²) in [7, 11) is 0. The molecule has 2 amide bonds. The lowest BCUT2D eigenvalue weighted by Crippen LogP contribution is -2.63. The number of piperidine rings is 2. The second-order valence-corrected chi connectivity index (χ2v) is 7.48. The van der Waals surface area contributed by atoms with Gasteiger partial charge in [-0.15, -0.1) is 6.58 Å². The maximum atomic E-state index is 13.1. The molecule has 1 aromatic heterocycles. The van der Waals surface area contributed by atoms with Gasteiger partial charge in [-0.1, -0.05) is 6.08 Å². The minimum atomic E-state index is -0.227. The molecule has 1 N–H and O–H groups in total. The summed E-state index contributed by atoms with van der Waals surface area (Å²) in [6, 6.07) is 7.77. The van der Waals surface area contributed by atoms with Gasteiger partial charge in [0, 0.05) is 48.7 Å². The van der Waals surface area contributed by atoms with Gasteiger partial charge in [0.15, 0.2) is 0 Å². The van der Waals surface area contributed by atoms with Crippen molar-refractivity contribution in [2.24, 2.45) is 0 Å². The number of likely N-dealkylation sites (tertiary alicyclic amines) is 2. The van der Waals surface area contributed by atoms with E-state index in [4.69, 9.17) is 0 Å². The van der Waals surface area contributed by atoms with Crippen molar-refractivity contribution in [1.29, 1.82) is 0 Å². The van der Waals surface area contributed by atoms with Gasteiger partial charge in [0.1, 0.15) is 0 Å². The topological polar surface area (TPSA) is 56.4 Å². The largest absolute Gasteiger partial charge is 0.361 e. The summed E-state index contributed by atoms with van der Waals surface area (Å²) in [5.41, 5.74) is 1.52. The molecule has 5 nitrogen and oxygen atoms in total. The lowest BCUT2D eigenvalue weighted by molar-refractivity contribution is -0.143. The Labute approximate surface area is 153 Å². The van der Waals surface area contributed by atoms with Crippen molar-refractivity contribution in [2.75, 3.05) is 19.6 Å². The smallest absolute Gasteiger partial charge is 0.253 e. The average Bonchev–Trinajstić information content (AvgIpc) is 3.12. The maximum Gasteiger partial charge on any atom is 0.253 e. The maximum absolute atomic E-state index is 13.1. The first-order valence-electron chi connectivity index (χ1n) is 9.41. The molecule has 5 heteroatoms. The van der Waals surface area contributed by atoms with Crippen LogP contribution in [0.3, 0.4) is 0 Å². The molecule has 0 bridgehead atoms. The Kier molecular flexibility index (Phi) is 4.31. The Hall–Kier alpha value is -2.56. The van der Waals surface area contributed by atoms with Crippen molar-refractivity contribution >= 4 is 22.7 Å². The Morgan fingerprint density at radius 3 is 2.96 bits per heavy atom. The van der Waals surface area contributed by atoms with E-state index >= 15 is 0 Å². The summed E-state index contributed by atoms with van der Waals surface area (Å²) in [5.74, 6) is 0.253. The van der Waals surface area contributed by atoms with Crippen LogP contribution in [-0.4, -0.2) is 51.8 Å². The molecule has 2 aliphatic rings. The first kappa shape index (κ1) is 16.9. The molecule has 2 fully saturated rings. The summed E-state index contributed by atoms with van der Waals surface area (Å²) in [4.78, 5) is 32.7. The molecule has 0 unspecified atom stereocenters. The van der Waals surface area contributed by atoms with Crippen LogP contribution in [0.1, 0.15) is 42.5 Å². The molecule has 136 valence electrons. The van der Waals surface area contributed by atoms with Gasteiger partial charge in [-0.25, -0.2) is 0 Å². The normalized spacial score (nSPS) is 23.6. The molecular weight excluding hydrogens is 326 g/mol. The first-order valence-corrected chi connectivity index (χ1v) is 9.41. The number of hydrogen-bond donors (Lipinski definition) is 1. The van der Waals surface area contributed by atoms with Crippen LogP contribution >= 0.6 is 0 Å². The molecule has 2 aromatic rings. The monoisotopic (exact) mass is 351 g/mol. The number of hydrogen-bond acceptors (Lipinski definition) is 2. The molecule has 0 saturated carbocycles. The Morgan fingerprint density at radius 1 is 1.27 bits per heavy atom. The number of rotatable bonds is 3. The Balaban J connectivity index is 1.59. The van der Waals surface area contributed by atoms with E-state index in [1.54, 1.807) is 6.08 Å². The zero-order chi connectivity index (χ0) is 18.1. The number of aromatic nitrogens is 1. The van der Waals surface area contributed by atoms with Crippen molar-refractivity contribution in [3.8, 4) is 0 Å². The lowest BCUT2D eigenvalue weighted by Gasteiger charge is -2.52. The summed E-state index contributed by atoms with van der Waals surface area (Å²) in [6.45, 7) is 5.75. The predicted octanol–water partition coefficient (Wildman–Crippen LogP) is 3.34. The average molecular weight is 351 g/mol. The van der Waals surface area contributed by atoms with E-state index in [9.17, 15) is 9.59 Å². The van der Waals surface area contributed by atoms with Crippen molar-refractivity contribution in [3.05, 3.63) is 48.7 Å². The van der Waals surface area contributed by atoms with Crippen LogP contribution in [0.15, 0.2) is 43.1 Å². The van der Waals surface area contributed by atoms with Gasteiger partial charge >= 0.3 is 0 Å². The van der Waals surface area contributed by atoms with Crippen LogP contribution < -0.4 is 0 Å². The van der Waals surface area contributed by atoms with Gasteiger partial charge < -0.3 is 14.8 Å². The highest BCUT2D eigenvalue weighted by Crippen LogP contribution is 2.37. The third kappa shape index (κ3) is 2.81. The van der Waals surface area contributed by atoms with Crippen LogP contribution in [0, 0.1) is 0 Å². The molecule has 26 heavy (non-hydrogen) atoms. The van der Waals surface area contributed by atoms with Gasteiger partial charge in [-0.3, -0.25) is 9.59 Å². The summed E-state index contributed by atoms with van der Waals surface area (Å²) >= 11 is 0. The van der Waals surface area contributed by atoms with Crippen LogP contribution in [0.4, 0.5) is 0 Å². The molecular formula is C21H25N3O2. The van der Waals surface area contributed by atoms with Crippen molar-refractivity contribution in [2.45, 2.75) is 37.6 Å². The van der Waals surface area contributed by atoms with Crippen molar-refractivity contribution in [1.82, 2.24) is 14.8 Å². The minimum absolute atomic E-state index is 0.0590. The van der Waals surface area contributed by atoms with E-state index in [-0.39, 0.29) is 17.4 Å². The second-order valence-electron chi connectivity index (χ2n) is 7.48. The Bertz CT molecular complexity index is 852.